The van der Waals surface area contributed by atoms with Crippen LogP contribution in [0.2, 0.25) is 0 Å². The van der Waals surface area contributed by atoms with Gasteiger partial charge in [0.25, 0.3) is 0 Å². The highest BCUT2D eigenvalue weighted by atomic mass is 32.2. The molecule has 0 amide bonds. The second-order valence-electron chi connectivity index (χ2n) is 3.35. The largest absolute Gasteiger partial charge is 0.460 e. The van der Waals surface area contributed by atoms with Crippen molar-refractivity contribution in [2.24, 2.45) is 0 Å². The Labute approximate surface area is 95.5 Å². The van der Waals surface area contributed by atoms with Crippen LogP contribution in [0.25, 0.3) is 0 Å². The molecule has 0 aliphatic carbocycles. The maximum Gasteiger partial charge on any atom is 0.186 e. The van der Waals surface area contributed by atoms with Crippen molar-refractivity contribution in [3.8, 4) is 0 Å². The van der Waals surface area contributed by atoms with Crippen molar-refractivity contribution in [2.75, 3.05) is 0 Å². The molecular weight excluding hydrogens is 224 g/mol. The summed E-state index contributed by atoms with van der Waals surface area (Å²) in [7, 11) is -1.36. The third-order valence-corrected chi connectivity index (χ3v) is 3.64. The van der Waals surface area contributed by atoms with Crippen molar-refractivity contribution in [1.29, 1.82) is 0 Å². The van der Waals surface area contributed by atoms with Gasteiger partial charge in [0.15, 0.2) is 12.0 Å². The SMILES string of the molecule is Cc1ccc([S@](=O)c2ccoc2C=O)cc1. The first kappa shape index (κ1) is 10.8. The van der Waals surface area contributed by atoms with E-state index in [1.165, 1.54) is 6.26 Å². The molecule has 0 bridgehead atoms. The van der Waals surface area contributed by atoms with Crippen LogP contribution in [0.5, 0.6) is 0 Å². The fraction of sp³-hybridized carbons (Fsp3) is 0.0833. The molecule has 0 spiro atoms. The highest BCUT2D eigenvalue weighted by Gasteiger charge is 2.14. The predicted molar refractivity (Wildman–Crippen MR) is 59.9 cm³/mol. The lowest BCUT2D eigenvalue weighted by Crippen LogP contribution is -1.94. The van der Waals surface area contributed by atoms with Gasteiger partial charge in [-0.15, -0.1) is 0 Å². The van der Waals surface area contributed by atoms with Crippen molar-refractivity contribution < 1.29 is 13.4 Å². The Kier molecular flexibility index (Phi) is 3.01. The van der Waals surface area contributed by atoms with Gasteiger partial charge in [0.1, 0.15) is 0 Å². The van der Waals surface area contributed by atoms with Crippen LogP contribution >= 0.6 is 0 Å². The van der Waals surface area contributed by atoms with Crippen molar-refractivity contribution in [3.05, 3.63) is 47.9 Å². The second-order valence-corrected chi connectivity index (χ2v) is 4.80. The fourth-order valence-electron chi connectivity index (χ4n) is 1.34. The summed E-state index contributed by atoms with van der Waals surface area (Å²) < 4.78 is 17.0. The number of aldehydes is 1. The van der Waals surface area contributed by atoms with Crippen LogP contribution in [0.4, 0.5) is 0 Å². The van der Waals surface area contributed by atoms with Gasteiger partial charge in [-0.3, -0.25) is 4.79 Å². The van der Waals surface area contributed by atoms with E-state index >= 15 is 0 Å². The Morgan fingerprint density at radius 2 is 1.88 bits per heavy atom. The van der Waals surface area contributed by atoms with Crippen LogP contribution in [-0.4, -0.2) is 10.5 Å². The van der Waals surface area contributed by atoms with Crippen LogP contribution in [0, 0.1) is 6.92 Å². The molecule has 1 aromatic carbocycles. The normalized spacial score (nSPS) is 12.3. The van der Waals surface area contributed by atoms with E-state index in [-0.39, 0.29) is 5.76 Å². The van der Waals surface area contributed by atoms with Gasteiger partial charge in [0, 0.05) is 4.90 Å². The molecule has 2 rings (SSSR count). The van der Waals surface area contributed by atoms with Crippen molar-refractivity contribution in [3.63, 3.8) is 0 Å². The number of rotatable bonds is 3. The molecule has 0 saturated heterocycles. The van der Waals surface area contributed by atoms with Crippen LogP contribution in [0.1, 0.15) is 16.1 Å². The van der Waals surface area contributed by atoms with Gasteiger partial charge < -0.3 is 4.42 Å². The fourth-order valence-corrected chi connectivity index (χ4v) is 2.43. The molecular formula is C12H10O3S. The van der Waals surface area contributed by atoms with E-state index in [0.29, 0.717) is 16.1 Å². The third-order valence-electron chi connectivity index (χ3n) is 2.20. The molecule has 1 atom stereocenters. The van der Waals surface area contributed by atoms with Gasteiger partial charge in [-0.05, 0) is 25.1 Å². The maximum atomic E-state index is 12.1. The van der Waals surface area contributed by atoms with Gasteiger partial charge in [-0.2, -0.15) is 0 Å². The van der Waals surface area contributed by atoms with Crippen LogP contribution in [0.15, 0.2) is 50.8 Å². The minimum Gasteiger partial charge on any atom is -0.460 e. The van der Waals surface area contributed by atoms with Gasteiger partial charge in [0.2, 0.25) is 0 Å². The summed E-state index contributed by atoms with van der Waals surface area (Å²) in [5.74, 6) is 0.124. The van der Waals surface area contributed by atoms with Gasteiger partial charge in [0.05, 0.1) is 22.0 Å². The smallest absolute Gasteiger partial charge is 0.186 e. The topological polar surface area (TPSA) is 47.3 Å². The van der Waals surface area contributed by atoms with Crippen molar-refractivity contribution in [1.82, 2.24) is 0 Å². The molecule has 0 fully saturated rings. The zero-order valence-corrected chi connectivity index (χ0v) is 9.49. The Bertz CT molecular complexity index is 525. The Hall–Kier alpha value is -1.68. The lowest BCUT2D eigenvalue weighted by Gasteiger charge is -2.00. The second kappa shape index (κ2) is 4.45. The molecule has 0 radical (unpaired) electrons. The molecule has 1 heterocycles. The number of hydrogen-bond donors (Lipinski definition) is 0. The molecule has 0 saturated carbocycles. The lowest BCUT2D eigenvalue weighted by atomic mass is 10.2. The van der Waals surface area contributed by atoms with E-state index in [9.17, 15) is 9.00 Å². The minimum atomic E-state index is -1.36. The van der Waals surface area contributed by atoms with Crippen molar-refractivity contribution in [2.45, 2.75) is 16.7 Å². The predicted octanol–water partition coefficient (Wildman–Crippen LogP) is 2.57. The van der Waals surface area contributed by atoms with Crippen LogP contribution in [0.3, 0.4) is 0 Å². The highest BCUT2D eigenvalue weighted by Crippen LogP contribution is 2.20. The summed E-state index contributed by atoms with van der Waals surface area (Å²) in [5, 5.41) is 0. The molecule has 0 N–H and O–H groups in total. The molecule has 0 unspecified atom stereocenters. The van der Waals surface area contributed by atoms with Gasteiger partial charge >= 0.3 is 0 Å². The molecule has 82 valence electrons. The Morgan fingerprint density at radius 3 is 2.50 bits per heavy atom. The molecule has 4 heteroatoms. The summed E-state index contributed by atoms with van der Waals surface area (Å²) >= 11 is 0. The standard InChI is InChI=1S/C12H10O3S/c1-9-2-4-10(5-3-9)16(14)12-6-7-15-11(12)8-13/h2-8H,1H3/t16-/m0/s1. The maximum absolute atomic E-state index is 12.1. The summed E-state index contributed by atoms with van der Waals surface area (Å²) in [6.07, 6.45) is 1.94. The number of aryl methyl sites for hydroxylation is 1. The molecule has 2 aromatic rings. The number of hydrogen-bond acceptors (Lipinski definition) is 3. The highest BCUT2D eigenvalue weighted by molar-refractivity contribution is 7.85. The average Bonchev–Trinajstić information content (AvgIpc) is 2.77. The molecule has 0 aliphatic heterocycles. The first-order valence-electron chi connectivity index (χ1n) is 4.73. The number of furan rings is 1. The van der Waals surface area contributed by atoms with Crippen LogP contribution < -0.4 is 0 Å². The summed E-state index contributed by atoms with van der Waals surface area (Å²) in [4.78, 5) is 11.7. The summed E-state index contributed by atoms with van der Waals surface area (Å²) in [6.45, 7) is 1.96. The summed E-state index contributed by atoms with van der Waals surface area (Å²) in [6, 6.07) is 8.89. The number of carbonyl (C=O) groups is 1. The minimum absolute atomic E-state index is 0.124. The first-order chi connectivity index (χ1) is 7.72. The molecule has 3 nitrogen and oxygen atoms in total. The Balaban J connectivity index is 2.39. The van der Waals surface area contributed by atoms with Gasteiger partial charge in [-0.1, -0.05) is 17.7 Å². The van der Waals surface area contributed by atoms with Gasteiger partial charge in [-0.25, -0.2) is 4.21 Å². The summed E-state index contributed by atoms with van der Waals surface area (Å²) in [5.41, 5.74) is 1.10. The third kappa shape index (κ3) is 1.97. The quantitative estimate of drug-likeness (QED) is 0.767. The zero-order chi connectivity index (χ0) is 11.5. The monoisotopic (exact) mass is 234 g/mol. The number of benzene rings is 1. The molecule has 1 aromatic heterocycles. The van der Waals surface area contributed by atoms with Crippen molar-refractivity contribution >= 4 is 17.1 Å². The average molecular weight is 234 g/mol. The first-order valence-corrected chi connectivity index (χ1v) is 5.88. The lowest BCUT2D eigenvalue weighted by molar-refractivity contribution is 0.109. The zero-order valence-electron chi connectivity index (χ0n) is 8.67. The van der Waals surface area contributed by atoms with E-state index in [1.54, 1.807) is 18.2 Å². The van der Waals surface area contributed by atoms with Crippen LogP contribution in [-0.2, 0) is 10.8 Å². The number of carbonyl (C=O) groups excluding carboxylic acids is 1. The van der Waals surface area contributed by atoms with E-state index in [4.69, 9.17) is 4.42 Å². The molecule has 16 heavy (non-hydrogen) atoms. The van der Waals surface area contributed by atoms with E-state index < -0.39 is 10.8 Å². The van der Waals surface area contributed by atoms with E-state index in [0.717, 1.165) is 5.56 Å². The Morgan fingerprint density at radius 1 is 1.19 bits per heavy atom. The van der Waals surface area contributed by atoms with E-state index in [2.05, 4.69) is 0 Å². The molecule has 0 aliphatic rings. The van der Waals surface area contributed by atoms with E-state index in [1.807, 2.05) is 19.1 Å².